The smallest absolute Gasteiger partial charge is 0.313 e. The van der Waals surface area contributed by atoms with Gasteiger partial charge in [0.15, 0.2) is 0 Å². The molecule has 0 amide bonds. The molecule has 1 N–H and O–H groups in total. The molecule has 5 heteroatoms. The minimum Gasteiger partial charge on any atom is -0.313 e. The van der Waals surface area contributed by atoms with Crippen LogP contribution in [0.1, 0.15) is 39.5 Å². The molecule has 0 fully saturated rings. The summed E-state index contributed by atoms with van der Waals surface area (Å²) in [6, 6.07) is 0. The molecular formula is C7H16ClO3P. The predicted molar refractivity (Wildman–Crippen MR) is 50.4 cm³/mol. The zero-order chi connectivity index (χ0) is 9.61. The van der Waals surface area contributed by atoms with Crippen molar-refractivity contribution in [2.24, 2.45) is 0 Å². The number of unbranched alkanes of at least 4 members (excludes halogenated alkanes) is 1. The second-order valence-electron chi connectivity index (χ2n) is 2.73. The lowest BCUT2D eigenvalue weighted by Crippen LogP contribution is -2.08. The van der Waals surface area contributed by atoms with Gasteiger partial charge in [-0.15, -0.1) is 0 Å². The third-order valence-electron chi connectivity index (χ3n) is 1.61. The Morgan fingerprint density at radius 1 is 1.58 bits per heavy atom. The molecule has 0 aromatic rings. The van der Waals surface area contributed by atoms with E-state index in [4.69, 9.17) is 20.7 Å². The summed E-state index contributed by atoms with van der Waals surface area (Å²) in [6.07, 6.45) is 3.38. The van der Waals surface area contributed by atoms with Crippen LogP contribution in [0.4, 0.5) is 0 Å². The predicted octanol–water partition coefficient (Wildman–Crippen LogP) is 3.31. The minimum absolute atomic E-state index is 0.182. The molecule has 2 atom stereocenters. The normalized spacial score (nSPS) is 18.7. The number of hydrogen-bond acceptors (Lipinski definition) is 2. The van der Waals surface area contributed by atoms with Gasteiger partial charge in [0.1, 0.15) is 0 Å². The molecule has 3 nitrogen and oxygen atoms in total. The number of hydrogen-bond donors (Lipinski definition) is 1. The van der Waals surface area contributed by atoms with Gasteiger partial charge in [-0.05, 0) is 12.8 Å². The highest BCUT2D eigenvalue weighted by atomic mass is 35.7. The van der Waals surface area contributed by atoms with Crippen molar-refractivity contribution >= 4 is 18.2 Å². The molecule has 0 aliphatic rings. The van der Waals surface area contributed by atoms with E-state index < -0.39 is 6.95 Å². The molecule has 0 saturated heterocycles. The van der Waals surface area contributed by atoms with Gasteiger partial charge in [-0.3, -0.25) is 4.52 Å². The highest BCUT2D eigenvalue weighted by Gasteiger charge is 2.19. The van der Waals surface area contributed by atoms with Gasteiger partial charge in [0.25, 0.3) is 0 Å². The van der Waals surface area contributed by atoms with E-state index in [1.54, 1.807) is 0 Å². The Morgan fingerprint density at radius 2 is 2.17 bits per heavy atom. The van der Waals surface area contributed by atoms with Crippen molar-refractivity contribution in [1.82, 2.24) is 0 Å². The zero-order valence-electron chi connectivity index (χ0n) is 7.49. The molecule has 0 spiro atoms. The molecule has 0 saturated carbocycles. The van der Waals surface area contributed by atoms with Crippen LogP contribution in [0.15, 0.2) is 0 Å². The first-order chi connectivity index (χ1) is 5.49. The van der Waals surface area contributed by atoms with Crippen molar-refractivity contribution in [2.45, 2.75) is 45.6 Å². The van der Waals surface area contributed by atoms with E-state index >= 15 is 0 Å². The first-order valence-corrected chi connectivity index (χ1v) is 6.68. The minimum atomic E-state index is -3.81. The van der Waals surface area contributed by atoms with Gasteiger partial charge in [0, 0.05) is 11.2 Å². The van der Waals surface area contributed by atoms with Crippen LogP contribution in [-0.2, 0) is 9.09 Å². The van der Waals surface area contributed by atoms with E-state index in [1.807, 2.05) is 6.92 Å². The Labute approximate surface area is 78.4 Å². The van der Waals surface area contributed by atoms with Crippen LogP contribution >= 0.6 is 18.2 Å². The summed E-state index contributed by atoms with van der Waals surface area (Å²) in [7, 11) is 0. The van der Waals surface area contributed by atoms with E-state index in [0.29, 0.717) is 0 Å². The topological polar surface area (TPSA) is 46.5 Å². The largest absolute Gasteiger partial charge is 0.421 e. The molecule has 0 heterocycles. The van der Waals surface area contributed by atoms with Crippen LogP contribution in [0.2, 0.25) is 0 Å². The van der Waals surface area contributed by atoms with Crippen LogP contribution in [-0.4, -0.2) is 11.0 Å². The van der Waals surface area contributed by atoms with Crippen molar-refractivity contribution in [3.8, 4) is 0 Å². The Balaban J connectivity index is 3.75. The van der Waals surface area contributed by atoms with Crippen molar-refractivity contribution < 1.29 is 14.0 Å². The van der Waals surface area contributed by atoms with Gasteiger partial charge in [0.05, 0.1) is 6.10 Å². The molecule has 0 radical (unpaired) electrons. The highest BCUT2D eigenvalue weighted by Crippen LogP contribution is 2.49. The lowest BCUT2D eigenvalue weighted by molar-refractivity contribution is 0.167. The third-order valence-corrected chi connectivity index (χ3v) is 2.41. The fourth-order valence-electron chi connectivity index (χ4n) is 0.947. The molecular weight excluding hydrogens is 199 g/mol. The second-order valence-corrected chi connectivity index (χ2v) is 5.12. The standard InChI is InChI=1S/C7H16ClO3P/c1-3-5-6-7(4-2)11-12(8,9)10/h7H,3-6H2,1-2H3,(H,9,10). The summed E-state index contributed by atoms with van der Waals surface area (Å²) in [5.41, 5.74) is 0. The van der Waals surface area contributed by atoms with Crippen LogP contribution in [0.3, 0.4) is 0 Å². The SMILES string of the molecule is CCCCC(CC)OP(=O)(O)Cl. The molecule has 74 valence electrons. The molecule has 0 aliphatic heterocycles. The Kier molecular flexibility index (Phi) is 6.20. The fourth-order valence-corrected chi connectivity index (χ4v) is 1.91. The molecule has 0 aromatic heterocycles. The van der Waals surface area contributed by atoms with Gasteiger partial charge in [-0.2, -0.15) is 0 Å². The van der Waals surface area contributed by atoms with Crippen LogP contribution < -0.4 is 0 Å². The van der Waals surface area contributed by atoms with Gasteiger partial charge in [-0.1, -0.05) is 26.7 Å². The van der Waals surface area contributed by atoms with Gasteiger partial charge in [0.2, 0.25) is 0 Å². The lowest BCUT2D eigenvalue weighted by atomic mass is 10.1. The van der Waals surface area contributed by atoms with E-state index in [9.17, 15) is 4.57 Å². The maximum Gasteiger partial charge on any atom is 0.421 e. The average molecular weight is 215 g/mol. The Morgan fingerprint density at radius 3 is 2.50 bits per heavy atom. The van der Waals surface area contributed by atoms with E-state index in [0.717, 1.165) is 25.7 Å². The Hall–Kier alpha value is 0.440. The zero-order valence-corrected chi connectivity index (χ0v) is 9.15. The quantitative estimate of drug-likeness (QED) is 0.690. The van der Waals surface area contributed by atoms with Gasteiger partial charge in [-0.25, -0.2) is 4.57 Å². The molecule has 12 heavy (non-hydrogen) atoms. The van der Waals surface area contributed by atoms with E-state index in [2.05, 4.69) is 6.92 Å². The highest BCUT2D eigenvalue weighted by molar-refractivity contribution is 7.80. The maximum atomic E-state index is 10.6. The van der Waals surface area contributed by atoms with Crippen molar-refractivity contribution in [2.75, 3.05) is 0 Å². The number of halogens is 1. The third kappa shape index (κ3) is 7.11. The summed E-state index contributed by atoms with van der Waals surface area (Å²) in [5, 5.41) is 0. The summed E-state index contributed by atoms with van der Waals surface area (Å²) in [4.78, 5) is 8.72. The van der Waals surface area contributed by atoms with Crippen LogP contribution in [0, 0.1) is 0 Å². The molecule has 2 unspecified atom stereocenters. The summed E-state index contributed by atoms with van der Waals surface area (Å²) < 4.78 is 15.4. The van der Waals surface area contributed by atoms with Crippen molar-refractivity contribution in [3.05, 3.63) is 0 Å². The van der Waals surface area contributed by atoms with Gasteiger partial charge >= 0.3 is 6.95 Å². The molecule has 0 aromatic carbocycles. The first-order valence-electron chi connectivity index (χ1n) is 4.20. The molecule has 0 rings (SSSR count). The maximum absolute atomic E-state index is 10.6. The Bertz CT molecular complexity index is 157. The lowest BCUT2D eigenvalue weighted by Gasteiger charge is -2.15. The second kappa shape index (κ2) is 5.98. The number of rotatable bonds is 6. The monoisotopic (exact) mass is 214 g/mol. The van der Waals surface area contributed by atoms with Crippen molar-refractivity contribution in [1.29, 1.82) is 0 Å². The van der Waals surface area contributed by atoms with Gasteiger partial charge < -0.3 is 4.89 Å². The molecule has 0 aliphatic carbocycles. The summed E-state index contributed by atoms with van der Waals surface area (Å²) in [5.74, 6) is 0. The summed E-state index contributed by atoms with van der Waals surface area (Å²) >= 11 is 5.07. The average Bonchev–Trinajstić information content (AvgIpc) is 1.95. The fraction of sp³-hybridized carbons (Fsp3) is 1.00. The first kappa shape index (κ1) is 12.4. The van der Waals surface area contributed by atoms with E-state index in [1.165, 1.54) is 0 Å². The van der Waals surface area contributed by atoms with Crippen LogP contribution in [0.5, 0.6) is 0 Å². The van der Waals surface area contributed by atoms with Crippen molar-refractivity contribution in [3.63, 3.8) is 0 Å². The van der Waals surface area contributed by atoms with E-state index in [-0.39, 0.29) is 6.10 Å². The summed E-state index contributed by atoms with van der Waals surface area (Å²) in [6.45, 7) is 0.165. The molecule has 0 bridgehead atoms. The van der Waals surface area contributed by atoms with Crippen LogP contribution in [0.25, 0.3) is 0 Å².